The molecule has 1 N–H and O–H groups in total. The standard InChI is InChI=1S/C25H22ClN3O2/c26-20-14-12-19(13-15-20)24(31)25-28-21-10-4-5-11-22(21)29(25)17-23(30)27-16-6-9-18-7-2-1-3-8-18/h1-5,7-8,10-15H,6,9,16-17H2,(H,27,30). The zero-order chi connectivity index (χ0) is 21.6. The van der Waals surface area contributed by atoms with Crippen molar-refractivity contribution in [3.63, 3.8) is 0 Å². The minimum Gasteiger partial charge on any atom is -0.355 e. The number of benzene rings is 3. The van der Waals surface area contributed by atoms with E-state index in [0.29, 0.717) is 22.6 Å². The van der Waals surface area contributed by atoms with E-state index in [4.69, 9.17) is 11.6 Å². The first-order chi connectivity index (χ1) is 15.1. The highest BCUT2D eigenvalue weighted by molar-refractivity contribution is 6.30. The molecular weight excluding hydrogens is 410 g/mol. The quantitative estimate of drug-likeness (QED) is 0.325. The van der Waals surface area contributed by atoms with Crippen LogP contribution in [-0.4, -0.2) is 27.8 Å². The molecule has 0 fully saturated rings. The number of ketones is 1. The monoisotopic (exact) mass is 431 g/mol. The number of halogens is 1. The Balaban J connectivity index is 1.48. The second-order valence-electron chi connectivity index (χ2n) is 7.29. The highest BCUT2D eigenvalue weighted by Crippen LogP contribution is 2.20. The lowest BCUT2D eigenvalue weighted by Gasteiger charge is -2.10. The highest BCUT2D eigenvalue weighted by atomic mass is 35.5. The van der Waals surface area contributed by atoms with Crippen molar-refractivity contribution >= 4 is 34.3 Å². The molecule has 0 spiro atoms. The van der Waals surface area contributed by atoms with Crippen LogP contribution >= 0.6 is 11.6 Å². The van der Waals surface area contributed by atoms with E-state index < -0.39 is 0 Å². The summed E-state index contributed by atoms with van der Waals surface area (Å²) in [5.41, 5.74) is 3.15. The van der Waals surface area contributed by atoms with Gasteiger partial charge >= 0.3 is 0 Å². The number of carbonyl (C=O) groups excluding carboxylic acids is 2. The Labute approximate surface area is 185 Å². The summed E-state index contributed by atoms with van der Waals surface area (Å²) in [7, 11) is 0. The first-order valence-electron chi connectivity index (χ1n) is 10.2. The number of fused-ring (bicyclic) bond motifs is 1. The maximum absolute atomic E-state index is 13.1. The number of hydrogen-bond donors (Lipinski definition) is 1. The summed E-state index contributed by atoms with van der Waals surface area (Å²) in [5, 5.41) is 3.51. The summed E-state index contributed by atoms with van der Waals surface area (Å²) in [6, 6.07) is 24.3. The van der Waals surface area contributed by atoms with E-state index in [1.165, 1.54) is 5.56 Å². The normalized spacial score (nSPS) is 10.9. The van der Waals surface area contributed by atoms with Crippen LogP contribution in [0.5, 0.6) is 0 Å². The van der Waals surface area contributed by atoms with E-state index in [2.05, 4.69) is 22.4 Å². The number of aryl methyl sites for hydroxylation is 1. The van der Waals surface area contributed by atoms with Crippen LogP contribution < -0.4 is 5.32 Å². The van der Waals surface area contributed by atoms with Gasteiger partial charge < -0.3 is 9.88 Å². The lowest BCUT2D eigenvalue weighted by atomic mass is 10.1. The number of para-hydroxylation sites is 2. The summed E-state index contributed by atoms with van der Waals surface area (Å²) in [6.45, 7) is 0.599. The number of amides is 1. The summed E-state index contributed by atoms with van der Waals surface area (Å²) >= 11 is 5.94. The molecule has 0 bridgehead atoms. The number of rotatable bonds is 8. The van der Waals surface area contributed by atoms with Gasteiger partial charge in [-0.05, 0) is 54.8 Å². The van der Waals surface area contributed by atoms with Crippen LogP contribution in [0.25, 0.3) is 11.0 Å². The molecule has 0 unspecified atom stereocenters. The first-order valence-corrected chi connectivity index (χ1v) is 10.6. The summed E-state index contributed by atoms with van der Waals surface area (Å²) < 4.78 is 1.68. The molecule has 4 aromatic rings. The van der Waals surface area contributed by atoms with E-state index in [1.54, 1.807) is 28.8 Å². The van der Waals surface area contributed by atoms with Crippen LogP contribution in [0.1, 0.15) is 28.2 Å². The van der Waals surface area contributed by atoms with Gasteiger partial charge in [0, 0.05) is 17.1 Å². The molecule has 0 aliphatic carbocycles. The molecule has 0 aliphatic rings. The molecule has 3 aromatic carbocycles. The lowest BCUT2D eigenvalue weighted by molar-refractivity contribution is -0.121. The fourth-order valence-electron chi connectivity index (χ4n) is 3.50. The zero-order valence-electron chi connectivity index (χ0n) is 16.9. The zero-order valence-corrected chi connectivity index (χ0v) is 17.7. The summed E-state index contributed by atoms with van der Waals surface area (Å²) in [5.74, 6) is -0.158. The Morgan fingerprint density at radius 1 is 0.903 bits per heavy atom. The summed E-state index contributed by atoms with van der Waals surface area (Å²) in [6.07, 6.45) is 1.74. The topological polar surface area (TPSA) is 64.0 Å². The average molecular weight is 432 g/mol. The predicted molar refractivity (Wildman–Crippen MR) is 122 cm³/mol. The molecule has 0 saturated carbocycles. The van der Waals surface area contributed by atoms with Crippen molar-refractivity contribution in [3.8, 4) is 0 Å². The molecular formula is C25H22ClN3O2. The average Bonchev–Trinajstić information content (AvgIpc) is 3.16. The van der Waals surface area contributed by atoms with E-state index in [0.717, 1.165) is 18.4 Å². The summed E-state index contributed by atoms with van der Waals surface area (Å²) in [4.78, 5) is 30.2. The van der Waals surface area contributed by atoms with Gasteiger partial charge in [0.05, 0.1) is 11.0 Å². The van der Waals surface area contributed by atoms with Gasteiger partial charge in [0.25, 0.3) is 0 Å². The molecule has 5 nitrogen and oxygen atoms in total. The molecule has 0 radical (unpaired) electrons. The minimum absolute atomic E-state index is 0.0283. The van der Waals surface area contributed by atoms with Crippen LogP contribution in [0.15, 0.2) is 78.9 Å². The van der Waals surface area contributed by atoms with Crippen LogP contribution in [0.2, 0.25) is 5.02 Å². The van der Waals surface area contributed by atoms with Crippen molar-refractivity contribution in [2.45, 2.75) is 19.4 Å². The van der Waals surface area contributed by atoms with Gasteiger partial charge in [-0.15, -0.1) is 0 Å². The van der Waals surface area contributed by atoms with Crippen LogP contribution in [-0.2, 0) is 17.8 Å². The van der Waals surface area contributed by atoms with E-state index >= 15 is 0 Å². The van der Waals surface area contributed by atoms with Gasteiger partial charge in [0.15, 0.2) is 5.82 Å². The molecule has 0 atom stereocenters. The highest BCUT2D eigenvalue weighted by Gasteiger charge is 2.20. The third kappa shape index (κ3) is 5.01. The molecule has 6 heteroatoms. The van der Waals surface area contributed by atoms with Crippen molar-refractivity contribution in [2.24, 2.45) is 0 Å². The van der Waals surface area contributed by atoms with Crippen LogP contribution in [0.4, 0.5) is 0 Å². The maximum atomic E-state index is 13.1. The van der Waals surface area contributed by atoms with Gasteiger partial charge in [-0.1, -0.05) is 54.1 Å². The largest absolute Gasteiger partial charge is 0.355 e. The van der Waals surface area contributed by atoms with Gasteiger partial charge in [-0.2, -0.15) is 0 Å². The molecule has 31 heavy (non-hydrogen) atoms. The van der Waals surface area contributed by atoms with Crippen molar-refractivity contribution in [3.05, 3.63) is 101 Å². The second-order valence-corrected chi connectivity index (χ2v) is 7.72. The third-order valence-electron chi connectivity index (χ3n) is 5.07. The third-order valence-corrected chi connectivity index (χ3v) is 5.32. The Morgan fingerprint density at radius 2 is 1.61 bits per heavy atom. The van der Waals surface area contributed by atoms with Gasteiger partial charge in [0.2, 0.25) is 11.7 Å². The minimum atomic E-state index is -0.246. The number of hydrogen-bond acceptors (Lipinski definition) is 3. The lowest BCUT2D eigenvalue weighted by Crippen LogP contribution is -2.30. The molecule has 4 rings (SSSR count). The Kier molecular flexibility index (Phi) is 6.43. The molecule has 0 aliphatic heterocycles. The Bertz CT molecular complexity index is 1200. The molecule has 1 amide bonds. The van der Waals surface area contributed by atoms with Crippen molar-refractivity contribution < 1.29 is 9.59 Å². The number of nitrogens with one attached hydrogen (secondary N) is 1. The van der Waals surface area contributed by atoms with Crippen LogP contribution in [0.3, 0.4) is 0 Å². The smallest absolute Gasteiger partial charge is 0.240 e. The van der Waals surface area contributed by atoms with E-state index in [-0.39, 0.29) is 24.1 Å². The number of imidazole rings is 1. The second kappa shape index (κ2) is 9.58. The number of carbonyl (C=O) groups is 2. The number of aromatic nitrogens is 2. The fourth-order valence-corrected chi connectivity index (χ4v) is 3.63. The molecule has 156 valence electrons. The van der Waals surface area contributed by atoms with Crippen LogP contribution in [0, 0.1) is 0 Å². The molecule has 0 saturated heterocycles. The molecule has 1 aromatic heterocycles. The van der Waals surface area contributed by atoms with Gasteiger partial charge in [-0.3, -0.25) is 9.59 Å². The SMILES string of the molecule is O=C(Cn1c(C(=O)c2ccc(Cl)cc2)nc2ccccc21)NCCCc1ccccc1. The van der Waals surface area contributed by atoms with Gasteiger partial charge in [-0.25, -0.2) is 4.98 Å². The first kappa shape index (κ1) is 20.8. The Morgan fingerprint density at radius 3 is 2.39 bits per heavy atom. The molecule has 1 heterocycles. The van der Waals surface area contributed by atoms with Crippen molar-refractivity contribution in [2.75, 3.05) is 6.54 Å². The maximum Gasteiger partial charge on any atom is 0.240 e. The fraction of sp³-hybridized carbons (Fsp3) is 0.160. The number of nitrogens with zero attached hydrogens (tertiary/aromatic N) is 2. The van der Waals surface area contributed by atoms with Crippen molar-refractivity contribution in [1.29, 1.82) is 0 Å². The predicted octanol–water partition coefficient (Wildman–Crippen LogP) is 4.67. The van der Waals surface area contributed by atoms with Crippen molar-refractivity contribution in [1.82, 2.24) is 14.9 Å². The van der Waals surface area contributed by atoms with Gasteiger partial charge in [0.1, 0.15) is 6.54 Å². The Hall–Kier alpha value is -3.44. The van der Waals surface area contributed by atoms with E-state index in [9.17, 15) is 9.59 Å². The van der Waals surface area contributed by atoms with E-state index in [1.807, 2.05) is 42.5 Å².